The zero-order valence-electron chi connectivity index (χ0n) is 47.6. The molecule has 1 fully saturated rings. The minimum absolute atomic E-state index is 0.0205. The number of H-pyrrole nitrogens is 2. The largest absolute Gasteiger partial charge is 0.370 e. The van der Waals surface area contributed by atoms with Gasteiger partial charge in [-0.15, -0.1) is 0 Å². The molecule has 3 heterocycles. The maximum Gasteiger partial charge on any atom is 0.246 e. The van der Waals surface area contributed by atoms with Crippen molar-refractivity contribution >= 4 is 80.8 Å². The first-order chi connectivity index (χ1) is 39.2. The first kappa shape index (κ1) is 62.4. The molecule has 1 saturated heterocycles. The van der Waals surface area contributed by atoms with Crippen LogP contribution in [0.5, 0.6) is 0 Å². The Kier molecular flexibility index (Phi) is 22.5. The van der Waals surface area contributed by atoms with Crippen LogP contribution < -0.4 is 38.5 Å². The minimum atomic E-state index is -1.57. The van der Waals surface area contributed by atoms with Gasteiger partial charge in [0, 0.05) is 96.5 Å². The number of primary amides is 1. The van der Waals surface area contributed by atoms with E-state index in [1.54, 1.807) is 6.20 Å². The number of nitrogens with zero attached hydrogens (tertiary/aromatic N) is 6. The van der Waals surface area contributed by atoms with E-state index in [-0.39, 0.29) is 76.8 Å². The molecule has 7 atom stereocenters. The Bertz CT molecular complexity index is 3090. The quantitative estimate of drug-likeness (QED) is 0.0361. The number of carbonyl (C=O) groups is 9. The van der Waals surface area contributed by atoms with E-state index in [1.165, 1.54) is 62.3 Å². The fraction of sp³-hybridized carbons (Fsp3) is 0.466. The van der Waals surface area contributed by atoms with Crippen molar-refractivity contribution in [3.05, 3.63) is 102 Å². The highest BCUT2D eigenvalue weighted by Gasteiger charge is 2.41. The summed E-state index contributed by atoms with van der Waals surface area (Å²) in [5.41, 5.74) is 19.9. The highest BCUT2D eigenvalue weighted by molar-refractivity contribution is 5.99. The number of nitrogens with one attached hydrogen (secondary N) is 6. The van der Waals surface area contributed by atoms with Gasteiger partial charge < -0.3 is 68.0 Å². The molecular formula is C58H79N15O9. The van der Waals surface area contributed by atoms with E-state index in [9.17, 15) is 19.2 Å². The molecule has 1 aliphatic rings. The summed E-state index contributed by atoms with van der Waals surface area (Å²) in [4.78, 5) is 149. The second-order valence-electron chi connectivity index (χ2n) is 21.0. The third-order valence-electron chi connectivity index (χ3n) is 15.1. The van der Waals surface area contributed by atoms with Gasteiger partial charge in [-0.1, -0.05) is 80.4 Å². The van der Waals surface area contributed by atoms with Crippen molar-refractivity contribution in [2.45, 2.75) is 133 Å². The number of para-hydroxylation sites is 1. The van der Waals surface area contributed by atoms with Crippen LogP contribution in [0.4, 0.5) is 0 Å². The molecule has 24 nitrogen and oxygen atoms in total. The number of carbonyl (C=O) groups excluding carboxylic acids is 9. The summed E-state index contributed by atoms with van der Waals surface area (Å²) in [6.07, 6.45) is 5.97. The number of benzene rings is 3. The number of aromatic nitrogens is 3. The zero-order chi connectivity index (χ0) is 59.6. The number of nitrogens with two attached hydrogens (primary N) is 3. The molecule has 0 saturated carbocycles. The lowest BCUT2D eigenvalue weighted by atomic mass is 9.98. The lowest BCUT2D eigenvalue weighted by Crippen LogP contribution is -2.61. The van der Waals surface area contributed by atoms with Gasteiger partial charge in [-0.25, -0.2) is 4.98 Å². The summed E-state index contributed by atoms with van der Waals surface area (Å²) in [7, 11) is 5.67. The third-order valence-corrected chi connectivity index (χ3v) is 15.1. The Morgan fingerprint density at radius 2 is 1.46 bits per heavy atom. The number of likely N-dealkylation sites (N-methyl/N-ethyl adjacent to an activating group) is 4. The van der Waals surface area contributed by atoms with Crippen molar-refractivity contribution in [3.63, 3.8) is 0 Å². The van der Waals surface area contributed by atoms with Crippen LogP contribution in [0.1, 0.15) is 88.5 Å². The van der Waals surface area contributed by atoms with Crippen LogP contribution in [0.15, 0.2) is 90.4 Å². The topological polar surface area (TPSA) is 350 Å². The average molecular weight is 1130 g/mol. The third kappa shape index (κ3) is 16.6. The van der Waals surface area contributed by atoms with Crippen molar-refractivity contribution in [2.75, 3.05) is 41.3 Å². The SMILES string of the molecule is CCCCC(NC(C)=O)C(=O)NC1CC(=O)NCCCCC(C(N)=O)N(C)C(=O)C(Cc2c[nH]c3ccccc23)N(C)C(=O)C(CCCN=C(N)N)N(C)C(=O)C(Cc2ccc3ccccc3c2)NC(=O)C(Cc2cnc[nH]2)N(C)C1=O. The summed E-state index contributed by atoms with van der Waals surface area (Å²) < 4.78 is 0. The number of guanidine groups is 1. The Morgan fingerprint density at radius 1 is 0.768 bits per heavy atom. The van der Waals surface area contributed by atoms with E-state index in [2.05, 4.69) is 41.2 Å². The molecule has 6 rings (SSSR count). The maximum absolute atomic E-state index is 15.6. The molecule has 1 aliphatic heterocycles. The molecule has 440 valence electrons. The van der Waals surface area contributed by atoms with Gasteiger partial charge in [0.2, 0.25) is 53.2 Å². The van der Waals surface area contributed by atoms with Gasteiger partial charge in [0.25, 0.3) is 0 Å². The van der Waals surface area contributed by atoms with Crippen molar-refractivity contribution in [1.82, 2.24) is 55.8 Å². The van der Waals surface area contributed by atoms with Crippen molar-refractivity contribution < 1.29 is 43.2 Å². The fourth-order valence-electron chi connectivity index (χ4n) is 10.4. The number of amides is 9. The Labute approximate surface area is 477 Å². The van der Waals surface area contributed by atoms with E-state index >= 15 is 24.0 Å². The second kappa shape index (κ2) is 29.6. The zero-order valence-corrected chi connectivity index (χ0v) is 47.6. The first-order valence-electron chi connectivity index (χ1n) is 27.7. The van der Waals surface area contributed by atoms with E-state index in [0.717, 1.165) is 26.6 Å². The second-order valence-corrected chi connectivity index (χ2v) is 21.0. The monoisotopic (exact) mass is 1130 g/mol. The predicted octanol–water partition coefficient (Wildman–Crippen LogP) is 1.27. The Balaban J connectivity index is 1.48. The van der Waals surface area contributed by atoms with Crippen LogP contribution in [0.2, 0.25) is 0 Å². The number of fused-ring (bicyclic) bond motifs is 2. The number of aromatic amines is 2. The van der Waals surface area contributed by atoms with Gasteiger partial charge in [0.1, 0.15) is 42.3 Å². The van der Waals surface area contributed by atoms with Crippen LogP contribution in [0.3, 0.4) is 0 Å². The molecule has 0 aliphatic carbocycles. The van der Waals surface area contributed by atoms with Crippen LogP contribution in [0, 0.1) is 0 Å². The molecule has 82 heavy (non-hydrogen) atoms. The number of imidazole rings is 1. The van der Waals surface area contributed by atoms with Crippen LogP contribution in [-0.4, -0.2) is 177 Å². The van der Waals surface area contributed by atoms with Crippen LogP contribution in [0.25, 0.3) is 21.7 Å². The number of aliphatic imine (C=N–C) groups is 1. The standard InChI is InChI=1S/C58H79N15O9/c1-7-8-19-43(67-35(2)74)52(77)68-45-31-50(75)63-25-14-13-21-46(51(59)76)70(3)57(82)49(29-39-32-65-42-20-12-11-18-41(39)42)73(6)56(81)47(22-15-26-64-58(60)61)71(4)54(79)44(28-36-23-24-37-16-9-10-17-38(37)27-36)69-53(78)48(72(5)55(45)80)30-40-33-62-34-66-40/h9-12,16-18,20,23-24,27,32-34,43-49,65H,7-8,13-15,19,21-22,25-26,28-31H2,1-6H3,(H2,59,76)(H,62,66)(H,63,75)(H,67,74)(H,68,77)(H,69,78)(H4,60,61,64). The van der Waals surface area contributed by atoms with Gasteiger partial charge in [0.05, 0.1) is 12.7 Å². The molecule has 0 bridgehead atoms. The highest BCUT2D eigenvalue weighted by Crippen LogP contribution is 2.25. The fourth-order valence-corrected chi connectivity index (χ4v) is 10.4. The predicted molar refractivity (Wildman–Crippen MR) is 310 cm³/mol. The molecule has 12 N–H and O–H groups in total. The van der Waals surface area contributed by atoms with Crippen LogP contribution in [-0.2, 0) is 62.4 Å². The van der Waals surface area contributed by atoms with Gasteiger partial charge in [-0.3, -0.25) is 48.1 Å². The van der Waals surface area contributed by atoms with Gasteiger partial charge in [-0.05, 0) is 66.5 Å². The van der Waals surface area contributed by atoms with Gasteiger partial charge in [0.15, 0.2) is 5.96 Å². The summed E-state index contributed by atoms with van der Waals surface area (Å²) >= 11 is 0. The molecule has 9 amide bonds. The molecular weight excluding hydrogens is 1050 g/mol. The molecule has 7 unspecified atom stereocenters. The number of hydrogen-bond acceptors (Lipinski definition) is 11. The maximum atomic E-state index is 15.6. The van der Waals surface area contributed by atoms with E-state index in [0.29, 0.717) is 29.7 Å². The van der Waals surface area contributed by atoms with Crippen molar-refractivity contribution in [1.29, 1.82) is 0 Å². The summed E-state index contributed by atoms with van der Waals surface area (Å²) in [6, 6.07) is 11.4. The van der Waals surface area contributed by atoms with Gasteiger partial charge >= 0.3 is 0 Å². The summed E-state index contributed by atoms with van der Waals surface area (Å²) in [5, 5.41) is 13.6. The average Bonchev–Trinajstić information content (AvgIpc) is 4.19. The number of hydrogen-bond donors (Lipinski definition) is 9. The molecule has 24 heteroatoms. The molecule has 0 radical (unpaired) electrons. The number of unbranched alkanes of at least 4 members (excludes halogenated alkanes) is 1. The molecule has 5 aromatic rings. The van der Waals surface area contributed by atoms with Crippen LogP contribution >= 0.6 is 0 Å². The minimum Gasteiger partial charge on any atom is -0.370 e. The highest BCUT2D eigenvalue weighted by atomic mass is 16.2. The smallest absolute Gasteiger partial charge is 0.246 e. The van der Waals surface area contributed by atoms with Crippen molar-refractivity contribution in [3.8, 4) is 0 Å². The van der Waals surface area contributed by atoms with E-state index in [4.69, 9.17) is 17.2 Å². The Hall–Kier alpha value is -8.83. The first-order valence-corrected chi connectivity index (χ1v) is 27.7. The summed E-state index contributed by atoms with van der Waals surface area (Å²) in [5.74, 6) is -6.51. The Morgan fingerprint density at radius 3 is 2.16 bits per heavy atom. The normalized spacial score (nSPS) is 21.0. The van der Waals surface area contributed by atoms with E-state index in [1.807, 2.05) is 73.7 Å². The lowest BCUT2D eigenvalue weighted by molar-refractivity contribution is -0.152. The number of rotatable bonds is 17. The molecule has 0 spiro atoms. The van der Waals surface area contributed by atoms with Crippen molar-refractivity contribution in [2.24, 2.45) is 22.2 Å². The lowest BCUT2D eigenvalue weighted by Gasteiger charge is -2.38. The van der Waals surface area contributed by atoms with E-state index < -0.39 is 102 Å². The molecule has 3 aromatic carbocycles. The van der Waals surface area contributed by atoms with Gasteiger partial charge in [-0.2, -0.15) is 0 Å². The summed E-state index contributed by atoms with van der Waals surface area (Å²) in [6.45, 7) is 3.29. The molecule has 2 aromatic heterocycles.